The highest BCUT2D eigenvalue weighted by atomic mass is 32.2. The molecule has 0 saturated carbocycles. The number of ether oxygens (including phenoxy) is 3. The topological polar surface area (TPSA) is 120 Å². The van der Waals surface area contributed by atoms with Crippen LogP contribution in [0.3, 0.4) is 0 Å². The first-order chi connectivity index (χ1) is 20.1. The van der Waals surface area contributed by atoms with Crippen molar-refractivity contribution in [3.05, 3.63) is 84.2 Å². The molecule has 1 N–H and O–H groups in total. The molecule has 1 aliphatic rings. The Kier molecular flexibility index (Phi) is 7.94. The number of sulfonamides is 1. The van der Waals surface area contributed by atoms with E-state index in [0.29, 0.717) is 40.1 Å². The van der Waals surface area contributed by atoms with Gasteiger partial charge in [0.05, 0.1) is 31.0 Å². The van der Waals surface area contributed by atoms with Gasteiger partial charge in [-0.15, -0.1) is 0 Å². The van der Waals surface area contributed by atoms with Gasteiger partial charge in [-0.25, -0.2) is 27.2 Å². The van der Waals surface area contributed by atoms with Gasteiger partial charge in [-0.1, -0.05) is 6.07 Å². The minimum atomic E-state index is -4.47. The lowest BCUT2D eigenvalue weighted by molar-refractivity contribution is 0.0976. The summed E-state index contributed by atoms with van der Waals surface area (Å²) >= 11 is 0. The molecule has 0 aliphatic carbocycles. The second-order valence-electron chi connectivity index (χ2n) is 9.50. The van der Waals surface area contributed by atoms with Crippen LogP contribution in [0.5, 0.6) is 17.5 Å². The van der Waals surface area contributed by atoms with Gasteiger partial charge in [0.15, 0.2) is 0 Å². The number of nitrogens with one attached hydrogen (secondary N) is 1. The van der Waals surface area contributed by atoms with Crippen molar-refractivity contribution in [2.45, 2.75) is 24.8 Å². The van der Waals surface area contributed by atoms with Crippen LogP contribution in [0.25, 0.3) is 11.1 Å². The molecular weight excluding hydrogens is 570 g/mol. The fourth-order valence-electron chi connectivity index (χ4n) is 4.32. The Morgan fingerprint density at radius 2 is 1.83 bits per heavy atom. The number of carbonyl (C=O) groups is 1. The normalized spacial score (nSPS) is 12.9. The Labute approximate surface area is 240 Å². The lowest BCUT2D eigenvalue weighted by Crippen LogP contribution is -2.38. The molecule has 0 fully saturated rings. The number of amides is 1. The highest BCUT2D eigenvalue weighted by Gasteiger charge is 2.27. The number of methoxy groups -OCH3 is 1. The van der Waals surface area contributed by atoms with E-state index >= 15 is 0 Å². The number of pyridine rings is 2. The molecule has 0 unspecified atom stereocenters. The number of hydrogen-bond donors (Lipinski definition) is 1. The quantitative estimate of drug-likeness (QED) is 0.300. The molecule has 3 heterocycles. The first-order valence-corrected chi connectivity index (χ1v) is 14.3. The van der Waals surface area contributed by atoms with Crippen LogP contribution >= 0.6 is 0 Å². The summed E-state index contributed by atoms with van der Waals surface area (Å²) in [5.74, 6) is -1.62. The molecule has 4 aromatic rings. The predicted octanol–water partition coefficient (Wildman–Crippen LogP) is 5.06. The van der Waals surface area contributed by atoms with Gasteiger partial charge in [-0.2, -0.15) is 0 Å². The van der Waals surface area contributed by atoms with Crippen LogP contribution in [0.2, 0.25) is 0 Å². The number of carbonyl (C=O) groups excluding carboxylic acids is 1. The molecule has 2 aromatic heterocycles. The largest absolute Gasteiger partial charge is 0.490 e. The van der Waals surface area contributed by atoms with Crippen LogP contribution in [0.4, 0.5) is 20.2 Å². The molecule has 0 radical (unpaired) electrons. The Bertz CT molecular complexity index is 1750. The molecule has 1 aliphatic heterocycles. The highest BCUT2D eigenvalue weighted by Crippen LogP contribution is 2.38. The first-order valence-electron chi connectivity index (χ1n) is 12.8. The summed E-state index contributed by atoms with van der Waals surface area (Å²) in [6.45, 7) is 4.33. The van der Waals surface area contributed by atoms with Crippen LogP contribution in [0.15, 0.2) is 71.9 Å². The van der Waals surface area contributed by atoms with Crippen LogP contribution < -0.4 is 23.8 Å². The summed E-state index contributed by atoms with van der Waals surface area (Å²) in [5.41, 5.74) is 1.83. The lowest BCUT2D eigenvalue weighted by atomic mass is 10.0. The second kappa shape index (κ2) is 11.6. The molecule has 0 atom stereocenters. The number of hydrogen-bond acceptors (Lipinski definition) is 8. The average molecular weight is 597 g/mol. The zero-order valence-corrected chi connectivity index (χ0v) is 23.6. The van der Waals surface area contributed by atoms with Crippen LogP contribution in [0, 0.1) is 11.6 Å². The maximum absolute atomic E-state index is 14.3. The Morgan fingerprint density at radius 1 is 1.02 bits per heavy atom. The Hall–Kier alpha value is -4.78. The smallest absolute Gasteiger partial charge is 0.264 e. The maximum atomic E-state index is 14.3. The molecule has 218 valence electrons. The Morgan fingerprint density at radius 3 is 2.52 bits per heavy atom. The zero-order valence-electron chi connectivity index (χ0n) is 22.8. The maximum Gasteiger partial charge on any atom is 0.264 e. The molecular formula is C29H26F2N4O6S. The number of aromatic nitrogens is 2. The van der Waals surface area contributed by atoms with Crippen molar-refractivity contribution in [2.75, 3.05) is 29.9 Å². The monoisotopic (exact) mass is 596 g/mol. The van der Waals surface area contributed by atoms with E-state index in [4.69, 9.17) is 14.2 Å². The van der Waals surface area contributed by atoms with Crippen molar-refractivity contribution < 1.29 is 36.2 Å². The molecule has 10 nitrogen and oxygen atoms in total. The zero-order chi connectivity index (χ0) is 30.0. The third kappa shape index (κ3) is 5.96. The van der Waals surface area contributed by atoms with Crippen molar-refractivity contribution in [3.8, 4) is 28.6 Å². The standard InChI is InChI=1S/C29H26F2N4O6S/c1-17(2)41-27-9-5-19(15-32-27)29(36)35-10-11-40-25-7-4-18(13-24(25)35)20-12-23(28(39-3)33-16-20)34-42(37,38)26-8-6-21(30)14-22(26)31/h4-9,12-17,34H,10-11H2,1-3H3. The van der Waals surface area contributed by atoms with Gasteiger partial charge in [0, 0.05) is 30.1 Å². The van der Waals surface area contributed by atoms with Crippen molar-refractivity contribution in [1.29, 1.82) is 0 Å². The number of nitrogens with zero attached hydrogens (tertiary/aromatic N) is 3. The Balaban J connectivity index is 1.46. The van der Waals surface area contributed by atoms with E-state index in [1.165, 1.54) is 25.6 Å². The van der Waals surface area contributed by atoms with Gasteiger partial charge in [0.1, 0.15) is 34.6 Å². The van der Waals surface area contributed by atoms with E-state index in [2.05, 4.69) is 14.7 Å². The van der Waals surface area contributed by atoms with Crippen LogP contribution in [-0.2, 0) is 10.0 Å². The molecule has 5 rings (SSSR count). The van der Waals surface area contributed by atoms with E-state index < -0.39 is 26.6 Å². The summed E-state index contributed by atoms with van der Waals surface area (Å²) in [6.07, 6.45) is 2.86. The lowest BCUT2D eigenvalue weighted by Gasteiger charge is -2.30. The first kappa shape index (κ1) is 28.7. The van der Waals surface area contributed by atoms with Gasteiger partial charge >= 0.3 is 0 Å². The van der Waals surface area contributed by atoms with Crippen molar-refractivity contribution in [2.24, 2.45) is 0 Å². The molecule has 13 heteroatoms. The summed E-state index contributed by atoms with van der Waals surface area (Å²) in [7, 11) is -3.17. The fraction of sp³-hybridized carbons (Fsp3) is 0.207. The van der Waals surface area contributed by atoms with Crippen LogP contribution in [0.1, 0.15) is 24.2 Å². The van der Waals surface area contributed by atoms with E-state index in [1.54, 1.807) is 35.2 Å². The third-order valence-electron chi connectivity index (χ3n) is 6.21. The minimum Gasteiger partial charge on any atom is -0.490 e. The SMILES string of the molecule is COc1ncc(-c2ccc3c(c2)N(C(=O)c2ccc(OC(C)C)nc2)CCO3)cc1NS(=O)(=O)c1ccc(F)cc1F. The van der Waals surface area contributed by atoms with Crippen LogP contribution in [-0.4, -0.2) is 50.7 Å². The summed E-state index contributed by atoms with van der Waals surface area (Å²) < 4.78 is 72.3. The minimum absolute atomic E-state index is 0.0593. The van der Waals surface area contributed by atoms with E-state index in [0.717, 1.165) is 12.1 Å². The highest BCUT2D eigenvalue weighted by molar-refractivity contribution is 7.92. The number of fused-ring (bicyclic) bond motifs is 1. The van der Waals surface area contributed by atoms with E-state index in [-0.39, 0.29) is 36.7 Å². The third-order valence-corrected chi connectivity index (χ3v) is 7.61. The van der Waals surface area contributed by atoms with Gasteiger partial charge in [0.2, 0.25) is 11.8 Å². The van der Waals surface area contributed by atoms with Crippen molar-refractivity contribution in [1.82, 2.24) is 9.97 Å². The molecule has 1 amide bonds. The molecule has 2 aromatic carbocycles. The fourth-order valence-corrected chi connectivity index (χ4v) is 5.43. The van der Waals surface area contributed by atoms with Gasteiger partial charge in [-0.3, -0.25) is 9.52 Å². The predicted molar refractivity (Wildman–Crippen MR) is 151 cm³/mol. The average Bonchev–Trinajstić information content (AvgIpc) is 2.96. The summed E-state index contributed by atoms with van der Waals surface area (Å²) in [4.78, 5) is 22.7. The molecule has 0 bridgehead atoms. The van der Waals surface area contributed by atoms with Gasteiger partial charge < -0.3 is 19.1 Å². The number of rotatable bonds is 8. The summed E-state index contributed by atoms with van der Waals surface area (Å²) in [5, 5.41) is 0. The number of anilines is 2. The molecule has 42 heavy (non-hydrogen) atoms. The van der Waals surface area contributed by atoms with E-state index in [9.17, 15) is 22.0 Å². The number of benzene rings is 2. The molecule has 0 spiro atoms. The van der Waals surface area contributed by atoms with Gasteiger partial charge in [-0.05, 0) is 55.8 Å². The summed E-state index contributed by atoms with van der Waals surface area (Å²) in [6, 6.07) is 12.0. The van der Waals surface area contributed by atoms with Crippen molar-refractivity contribution in [3.63, 3.8) is 0 Å². The van der Waals surface area contributed by atoms with Gasteiger partial charge in [0.25, 0.3) is 15.9 Å². The molecule has 0 saturated heterocycles. The second-order valence-corrected chi connectivity index (χ2v) is 11.2. The van der Waals surface area contributed by atoms with Crippen molar-refractivity contribution >= 4 is 27.3 Å². The number of halogens is 2. The van der Waals surface area contributed by atoms with E-state index in [1.807, 2.05) is 13.8 Å².